The first-order valence-corrected chi connectivity index (χ1v) is 10.5. The molecule has 2 unspecified atom stereocenters. The lowest BCUT2D eigenvalue weighted by atomic mass is 10.1. The Bertz CT molecular complexity index is 382. The third-order valence-electron chi connectivity index (χ3n) is 4.06. The second kappa shape index (κ2) is 10.6. The number of thioether (sulfide) groups is 1. The number of nitrogens with zero attached hydrogens (tertiary/aromatic N) is 2. The summed E-state index contributed by atoms with van der Waals surface area (Å²) >= 11 is 8.04. The van der Waals surface area contributed by atoms with Crippen LogP contribution in [0.15, 0.2) is 4.99 Å². The largest absolute Gasteiger partial charge is 0.296 e. The summed E-state index contributed by atoms with van der Waals surface area (Å²) in [5.74, 6) is 1.01. The number of halogens is 1. The monoisotopic (exact) mass is 360 g/mol. The number of unbranched alkanes of at least 4 members (excludes halogenated alkanes) is 7. The molecular formula is C18H33ClN2OS. The van der Waals surface area contributed by atoms with Crippen molar-refractivity contribution in [2.24, 2.45) is 4.99 Å². The van der Waals surface area contributed by atoms with Gasteiger partial charge in [-0.15, -0.1) is 23.4 Å². The Morgan fingerprint density at radius 2 is 1.70 bits per heavy atom. The van der Waals surface area contributed by atoms with E-state index in [2.05, 4.69) is 11.9 Å². The van der Waals surface area contributed by atoms with Crippen molar-refractivity contribution in [2.75, 3.05) is 5.75 Å². The van der Waals surface area contributed by atoms with Crippen molar-refractivity contribution in [3.8, 4) is 0 Å². The Morgan fingerprint density at radius 3 is 2.26 bits per heavy atom. The summed E-state index contributed by atoms with van der Waals surface area (Å²) in [6.45, 7) is 8.23. The van der Waals surface area contributed by atoms with Gasteiger partial charge in [-0.25, -0.2) is 0 Å². The molecule has 0 aromatic rings. The predicted octanol–water partition coefficient (Wildman–Crippen LogP) is 5.46. The fraction of sp³-hybridized carbons (Fsp3) is 0.889. The molecule has 0 fully saturated rings. The van der Waals surface area contributed by atoms with Gasteiger partial charge in [0.1, 0.15) is 10.8 Å². The summed E-state index contributed by atoms with van der Waals surface area (Å²) in [5.41, 5.74) is -0.263. The normalized spacial score (nSPS) is 22.0. The average Bonchev–Trinajstić information content (AvgIpc) is 2.48. The highest BCUT2D eigenvalue weighted by atomic mass is 35.5. The molecule has 1 amide bonds. The Morgan fingerprint density at radius 1 is 1.13 bits per heavy atom. The Labute approximate surface area is 151 Å². The van der Waals surface area contributed by atoms with E-state index < -0.39 is 5.38 Å². The molecule has 0 spiro atoms. The highest BCUT2D eigenvalue weighted by Gasteiger charge is 2.37. The summed E-state index contributed by atoms with van der Waals surface area (Å²) < 4.78 is 0. The van der Waals surface area contributed by atoms with E-state index in [0.717, 1.165) is 5.75 Å². The molecule has 0 N–H and O–H groups in total. The first-order valence-electron chi connectivity index (χ1n) is 9.00. The van der Waals surface area contributed by atoms with Crippen LogP contribution in [0.1, 0.15) is 79.1 Å². The van der Waals surface area contributed by atoms with Crippen molar-refractivity contribution < 1.29 is 4.79 Å². The zero-order valence-electron chi connectivity index (χ0n) is 15.2. The van der Waals surface area contributed by atoms with Crippen LogP contribution in [-0.2, 0) is 4.79 Å². The van der Waals surface area contributed by atoms with E-state index in [9.17, 15) is 4.79 Å². The maximum atomic E-state index is 12.3. The van der Waals surface area contributed by atoms with E-state index in [1.54, 1.807) is 23.0 Å². The number of carbonyl (C=O) groups excluding carboxylic acids is 1. The first-order chi connectivity index (χ1) is 10.9. The molecule has 1 aliphatic rings. The molecular weight excluding hydrogens is 328 g/mol. The van der Waals surface area contributed by atoms with Crippen LogP contribution in [0.4, 0.5) is 0 Å². The van der Waals surface area contributed by atoms with E-state index >= 15 is 0 Å². The van der Waals surface area contributed by atoms with E-state index in [1.165, 1.54) is 51.4 Å². The van der Waals surface area contributed by atoms with Crippen LogP contribution < -0.4 is 0 Å². The zero-order chi connectivity index (χ0) is 17.3. The van der Waals surface area contributed by atoms with E-state index in [0.29, 0.717) is 0 Å². The summed E-state index contributed by atoms with van der Waals surface area (Å²) in [6, 6.07) is 0. The second-order valence-corrected chi connectivity index (χ2v) is 8.98. The highest BCUT2D eigenvalue weighted by Crippen LogP contribution is 2.28. The minimum Gasteiger partial charge on any atom is -0.296 e. The topological polar surface area (TPSA) is 32.7 Å². The highest BCUT2D eigenvalue weighted by molar-refractivity contribution is 8.00. The van der Waals surface area contributed by atoms with Crippen LogP contribution in [0.3, 0.4) is 0 Å². The van der Waals surface area contributed by atoms with E-state index in [1.807, 2.05) is 20.8 Å². The van der Waals surface area contributed by atoms with E-state index in [4.69, 9.17) is 11.6 Å². The number of carbonyl (C=O) groups is 1. The van der Waals surface area contributed by atoms with Crippen LogP contribution in [0.2, 0.25) is 0 Å². The zero-order valence-corrected chi connectivity index (χ0v) is 16.8. The lowest BCUT2D eigenvalue weighted by Crippen LogP contribution is -2.52. The van der Waals surface area contributed by atoms with Gasteiger partial charge in [0.2, 0.25) is 5.91 Å². The molecule has 1 rings (SSSR count). The van der Waals surface area contributed by atoms with Gasteiger partial charge in [-0.2, -0.15) is 0 Å². The standard InChI is InChI=1S/C18H33ClN2OS/c1-5-6-7-8-9-10-11-12-13-23-16-15(19)17(22)21(14-20-16)18(2,3)4/h14-16H,5-13H2,1-4H3. The average molecular weight is 361 g/mol. The number of amides is 1. The number of rotatable bonds is 10. The molecule has 0 saturated heterocycles. The third-order valence-corrected chi connectivity index (χ3v) is 5.90. The van der Waals surface area contributed by atoms with Gasteiger partial charge in [0.15, 0.2) is 0 Å². The molecule has 5 heteroatoms. The van der Waals surface area contributed by atoms with Crippen LogP contribution in [0.25, 0.3) is 0 Å². The smallest absolute Gasteiger partial charge is 0.249 e. The molecule has 0 bridgehead atoms. The maximum absolute atomic E-state index is 12.3. The molecule has 3 nitrogen and oxygen atoms in total. The number of alkyl halides is 1. The molecule has 0 aromatic heterocycles. The van der Waals surface area contributed by atoms with Gasteiger partial charge < -0.3 is 0 Å². The van der Waals surface area contributed by atoms with Crippen molar-refractivity contribution in [2.45, 2.75) is 95.4 Å². The van der Waals surface area contributed by atoms with Gasteiger partial charge in [-0.3, -0.25) is 14.7 Å². The van der Waals surface area contributed by atoms with Gasteiger partial charge in [-0.1, -0.05) is 51.9 Å². The molecule has 0 aromatic carbocycles. The number of hydrogen-bond donors (Lipinski definition) is 0. The van der Waals surface area contributed by atoms with E-state index in [-0.39, 0.29) is 16.8 Å². The molecule has 23 heavy (non-hydrogen) atoms. The van der Waals surface area contributed by atoms with Gasteiger partial charge in [-0.05, 0) is 32.9 Å². The third kappa shape index (κ3) is 7.47. The molecule has 2 atom stereocenters. The molecule has 0 radical (unpaired) electrons. The van der Waals surface area contributed by atoms with Crippen molar-refractivity contribution in [3.05, 3.63) is 0 Å². The number of aliphatic imine (C=N–C) groups is 1. The lowest BCUT2D eigenvalue weighted by molar-refractivity contribution is -0.130. The Hall–Kier alpha value is -0.220. The van der Waals surface area contributed by atoms with Crippen molar-refractivity contribution in [3.63, 3.8) is 0 Å². The first kappa shape index (κ1) is 20.8. The van der Waals surface area contributed by atoms with Crippen LogP contribution >= 0.6 is 23.4 Å². The summed E-state index contributed by atoms with van der Waals surface area (Å²) in [4.78, 5) is 18.5. The fourth-order valence-electron chi connectivity index (χ4n) is 2.59. The fourth-order valence-corrected chi connectivity index (χ4v) is 4.02. The maximum Gasteiger partial charge on any atom is 0.249 e. The van der Waals surface area contributed by atoms with Crippen molar-refractivity contribution in [1.29, 1.82) is 0 Å². The van der Waals surface area contributed by atoms with Crippen LogP contribution in [0.5, 0.6) is 0 Å². The minimum atomic E-state index is -0.543. The van der Waals surface area contributed by atoms with Gasteiger partial charge in [0, 0.05) is 5.54 Å². The van der Waals surface area contributed by atoms with Gasteiger partial charge in [0.25, 0.3) is 0 Å². The second-order valence-electron chi connectivity index (χ2n) is 7.28. The summed E-state index contributed by atoms with van der Waals surface area (Å²) in [7, 11) is 0. The quantitative estimate of drug-likeness (QED) is 0.382. The van der Waals surface area contributed by atoms with Crippen molar-refractivity contribution in [1.82, 2.24) is 4.90 Å². The Kier molecular flexibility index (Phi) is 9.60. The summed E-state index contributed by atoms with van der Waals surface area (Å²) in [5, 5.41) is -0.675. The molecule has 134 valence electrons. The predicted molar refractivity (Wildman–Crippen MR) is 104 cm³/mol. The van der Waals surface area contributed by atoms with Gasteiger partial charge in [0.05, 0.1) is 6.34 Å². The molecule has 0 aliphatic carbocycles. The summed E-state index contributed by atoms with van der Waals surface area (Å²) in [6.07, 6.45) is 12.2. The molecule has 0 saturated carbocycles. The Balaban J connectivity index is 2.20. The lowest BCUT2D eigenvalue weighted by Gasteiger charge is -2.37. The van der Waals surface area contributed by atoms with Crippen LogP contribution in [0, 0.1) is 0 Å². The minimum absolute atomic E-state index is 0.0254. The number of hydrogen-bond acceptors (Lipinski definition) is 3. The van der Waals surface area contributed by atoms with Crippen LogP contribution in [-0.4, -0.2) is 39.2 Å². The molecule has 1 aliphatic heterocycles. The SMILES string of the molecule is CCCCCCCCCCSC1N=CN(C(C)(C)C)C(=O)C1Cl. The van der Waals surface area contributed by atoms with Gasteiger partial charge >= 0.3 is 0 Å². The molecule has 1 heterocycles. The van der Waals surface area contributed by atoms with Crippen molar-refractivity contribution >= 4 is 35.6 Å².